The van der Waals surface area contributed by atoms with Crippen molar-refractivity contribution < 1.29 is 38.1 Å². The number of rotatable bonds is 7. The van der Waals surface area contributed by atoms with Gasteiger partial charge in [0.25, 0.3) is 5.91 Å². The van der Waals surface area contributed by atoms with E-state index in [1.165, 1.54) is 0 Å². The molecule has 1 aromatic carbocycles. The molecule has 0 spiro atoms. The highest BCUT2D eigenvalue weighted by Gasteiger charge is 2.21. The fourth-order valence-corrected chi connectivity index (χ4v) is 1.49. The minimum absolute atomic E-state index is 0.0425. The van der Waals surface area contributed by atoms with E-state index in [-0.39, 0.29) is 11.3 Å². The van der Waals surface area contributed by atoms with Gasteiger partial charge in [-0.15, -0.1) is 0 Å². The van der Waals surface area contributed by atoms with E-state index >= 15 is 0 Å². The van der Waals surface area contributed by atoms with Crippen molar-refractivity contribution in [3.05, 3.63) is 29.8 Å². The lowest BCUT2D eigenvalue weighted by Crippen LogP contribution is -2.39. The first-order valence-electron chi connectivity index (χ1n) is 5.57. The number of halogens is 2. The van der Waals surface area contributed by atoms with Crippen LogP contribution < -0.4 is 4.74 Å². The van der Waals surface area contributed by atoms with Crippen molar-refractivity contribution in [3.8, 4) is 5.75 Å². The van der Waals surface area contributed by atoms with Crippen molar-refractivity contribution in [1.29, 1.82) is 0 Å². The highest BCUT2D eigenvalue weighted by Crippen LogP contribution is 2.16. The van der Waals surface area contributed by atoms with Gasteiger partial charge in [-0.05, 0) is 24.3 Å². The molecule has 1 rings (SSSR count). The molecule has 0 saturated heterocycles. The Morgan fingerprint density at radius 3 is 1.90 bits per heavy atom. The van der Waals surface area contributed by atoms with Gasteiger partial charge in [0.15, 0.2) is 0 Å². The summed E-state index contributed by atoms with van der Waals surface area (Å²) < 4.78 is 28.0. The van der Waals surface area contributed by atoms with E-state index in [9.17, 15) is 23.2 Å². The Hall–Kier alpha value is -2.71. The number of benzene rings is 1. The first-order chi connectivity index (χ1) is 9.79. The third kappa shape index (κ3) is 5.43. The number of amides is 1. The van der Waals surface area contributed by atoms with Crippen molar-refractivity contribution in [1.82, 2.24) is 4.90 Å². The summed E-state index contributed by atoms with van der Waals surface area (Å²) in [5.41, 5.74) is -0.0425. The minimum Gasteiger partial charge on any atom is -0.480 e. The number of hydrogen-bond donors (Lipinski definition) is 2. The van der Waals surface area contributed by atoms with Gasteiger partial charge in [0.1, 0.15) is 18.8 Å². The molecule has 0 atom stereocenters. The lowest BCUT2D eigenvalue weighted by Gasteiger charge is -2.18. The second-order valence-corrected chi connectivity index (χ2v) is 3.85. The Morgan fingerprint density at radius 1 is 1.05 bits per heavy atom. The molecule has 0 radical (unpaired) electrons. The van der Waals surface area contributed by atoms with E-state index in [0.717, 1.165) is 24.3 Å². The van der Waals surface area contributed by atoms with Gasteiger partial charge in [-0.25, -0.2) is 0 Å². The number of ether oxygens (including phenoxy) is 1. The molecule has 2 N–H and O–H groups in total. The smallest absolute Gasteiger partial charge is 0.387 e. The molecule has 0 heterocycles. The molecule has 0 saturated carbocycles. The lowest BCUT2D eigenvalue weighted by atomic mass is 10.2. The number of hydrogen-bond acceptors (Lipinski definition) is 4. The maximum atomic E-state index is 12.0. The second kappa shape index (κ2) is 7.17. The van der Waals surface area contributed by atoms with Gasteiger partial charge in [0.2, 0.25) is 0 Å². The monoisotopic (exact) mass is 303 g/mol. The largest absolute Gasteiger partial charge is 0.480 e. The fraction of sp³-hybridized carbons (Fsp3) is 0.250. The number of aliphatic carboxylic acids is 2. The number of carbonyl (C=O) groups is 3. The van der Waals surface area contributed by atoms with Crippen LogP contribution in [0, 0.1) is 0 Å². The molecular weight excluding hydrogens is 292 g/mol. The lowest BCUT2D eigenvalue weighted by molar-refractivity contribution is -0.140. The van der Waals surface area contributed by atoms with Crippen molar-refractivity contribution in [3.63, 3.8) is 0 Å². The predicted molar refractivity (Wildman–Crippen MR) is 64.2 cm³/mol. The van der Waals surface area contributed by atoms with Crippen LogP contribution in [0.3, 0.4) is 0 Å². The van der Waals surface area contributed by atoms with Crippen LogP contribution in [0.5, 0.6) is 5.75 Å². The SMILES string of the molecule is O=C(O)CN(CC(=O)O)C(=O)c1ccc(OC(F)F)cc1. The standard InChI is InChI=1S/C12H11F2NO6/c13-12(14)21-8-3-1-7(2-4-8)11(20)15(5-9(16)17)6-10(18)19/h1-4,12H,5-6H2,(H,16,17)(H,18,19). The Labute approximate surface area is 117 Å². The third-order valence-electron chi connectivity index (χ3n) is 2.27. The van der Waals surface area contributed by atoms with Gasteiger partial charge in [-0.1, -0.05) is 0 Å². The van der Waals surface area contributed by atoms with Crippen LogP contribution in [0.25, 0.3) is 0 Å². The van der Waals surface area contributed by atoms with Crippen LogP contribution >= 0.6 is 0 Å². The number of carboxylic acids is 2. The summed E-state index contributed by atoms with van der Waals surface area (Å²) in [6.45, 7) is -4.59. The summed E-state index contributed by atoms with van der Waals surface area (Å²) in [6.07, 6.45) is 0. The van der Waals surface area contributed by atoms with Crippen LogP contribution in [-0.4, -0.2) is 52.7 Å². The Balaban J connectivity index is 2.87. The van der Waals surface area contributed by atoms with Gasteiger partial charge in [-0.3, -0.25) is 14.4 Å². The molecule has 0 bridgehead atoms. The second-order valence-electron chi connectivity index (χ2n) is 3.85. The summed E-state index contributed by atoms with van der Waals surface area (Å²) in [5.74, 6) is -3.77. The Kier molecular flexibility index (Phi) is 5.58. The fourth-order valence-electron chi connectivity index (χ4n) is 1.49. The highest BCUT2D eigenvalue weighted by molar-refractivity contribution is 5.97. The highest BCUT2D eigenvalue weighted by atomic mass is 19.3. The zero-order chi connectivity index (χ0) is 16.0. The first-order valence-corrected chi connectivity index (χ1v) is 5.57. The van der Waals surface area contributed by atoms with Gasteiger partial charge in [0, 0.05) is 5.56 Å². The Morgan fingerprint density at radius 2 is 1.52 bits per heavy atom. The molecule has 21 heavy (non-hydrogen) atoms. The molecule has 0 aliphatic rings. The predicted octanol–water partition coefficient (Wildman–Crippen LogP) is 0.899. The average Bonchev–Trinajstić information content (AvgIpc) is 2.36. The summed E-state index contributed by atoms with van der Waals surface area (Å²) in [7, 11) is 0. The molecule has 1 aromatic rings. The zero-order valence-corrected chi connectivity index (χ0v) is 10.5. The maximum Gasteiger partial charge on any atom is 0.387 e. The van der Waals surface area contributed by atoms with Crippen molar-refractivity contribution in [2.75, 3.05) is 13.1 Å². The number of carboxylic acid groups (broad SMARTS) is 2. The van der Waals surface area contributed by atoms with E-state index in [1.54, 1.807) is 0 Å². The quantitative estimate of drug-likeness (QED) is 0.775. The summed E-state index contributed by atoms with van der Waals surface area (Å²) >= 11 is 0. The van der Waals surface area contributed by atoms with Crippen LogP contribution in [0.2, 0.25) is 0 Å². The number of carbonyl (C=O) groups excluding carboxylic acids is 1. The van der Waals surface area contributed by atoms with Crippen molar-refractivity contribution >= 4 is 17.8 Å². The first kappa shape index (κ1) is 16.3. The van der Waals surface area contributed by atoms with E-state index in [1.807, 2.05) is 0 Å². The molecule has 0 fully saturated rings. The van der Waals surface area contributed by atoms with Crippen LogP contribution in [-0.2, 0) is 9.59 Å². The summed E-state index contributed by atoms with van der Waals surface area (Å²) in [6, 6.07) is 4.46. The van der Waals surface area contributed by atoms with Crippen molar-refractivity contribution in [2.24, 2.45) is 0 Å². The minimum atomic E-state index is -3.01. The maximum absolute atomic E-state index is 12.0. The average molecular weight is 303 g/mol. The Bertz CT molecular complexity index is 515. The summed E-state index contributed by atoms with van der Waals surface area (Å²) in [5, 5.41) is 17.3. The van der Waals surface area contributed by atoms with Gasteiger partial charge in [0.05, 0.1) is 0 Å². The molecule has 7 nitrogen and oxygen atoms in total. The van der Waals surface area contributed by atoms with E-state index in [4.69, 9.17) is 10.2 Å². The van der Waals surface area contributed by atoms with Crippen LogP contribution in [0.4, 0.5) is 8.78 Å². The summed E-state index contributed by atoms with van der Waals surface area (Å²) in [4.78, 5) is 33.8. The molecular formula is C12H11F2NO6. The topological polar surface area (TPSA) is 104 Å². The van der Waals surface area contributed by atoms with E-state index < -0.39 is 37.5 Å². The molecule has 1 amide bonds. The molecule has 114 valence electrons. The van der Waals surface area contributed by atoms with E-state index in [2.05, 4.69) is 4.74 Å². The molecule has 0 aliphatic carbocycles. The molecule has 0 unspecified atom stereocenters. The molecule has 0 aliphatic heterocycles. The van der Waals surface area contributed by atoms with Crippen LogP contribution in [0.15, 0.2) is 24.3 Å². The van der Waals surface area contributed by atoms with Crippen molar-refractivity contribution in [2.45, 2.75) is 6.61 Å². The normalized spacial score (nSPS) is 10.2. The molecule has 9 heteroatoms. The van der Waals surface area contributed by atoms with E-state index in [0.29, 0.717) is 4.90 Å². The number of alkyl halides is 2. The molecule has 0 aromatic heterocycles. The van der Waals surface area contributed by atoms with Gasteiger partial charge < -0.3 is 19.8 Å². The number of nitrogens with zero attached hydrogens (tertiary/aromatic N) is 1. The zero-order valence-electron chi connectivity index (χ0n) is 10.5. The van der Waals surface area contributed by atoms with Gasteiger partial charge >= 0.3 is 18.6 Å². The third-order valence-corrected chi connectivity index (χ3v) is 2.27. The van der Waals surface area contributed by atoms with Crippen LogP contribution in [0.1, 0.15) is 10.4 Å². The van der Waals surface area contributed by atoms with Gasteiger partial charge in [-0.2, -0.15) is 8.78 Å².